The van der Waals surface area contributed by atoms with Gasteiger partial charge in [0.25, 0.3) is 0 Å². The molecular weight excluding hydrogens is 151 g/mol. The number of hydrogen-bond acceptors (Lipinski definition) is 0. The van der Waals surface area contributed by atoms with Crippen molar-refractivity contribution in [2.24, 2.45) is 0 Å². The first kappa shape index (κ1) is 8.49. The van der Waals surface area contributed by atoms with Crippen LogP contribution in [0.25, 0.3) is 5.57 Å². The highest BCUT2D eigenvalue weighted by Crippen LogP contribution is 2.18. The van der Waals surface area contributed by atoms with Gasteiger partial charge in [0.05, 0.1) is 0 Å². The Balaban J connectivity index is 3.12. The molecule has 0 amide bonds. The molecule has 0 radical (unpaired) electrons. The van der Waals surface area contributed by atoms with Gasteiger partial charge in [0, 0.05) is 0 Å². The van der Waals surface area contributed by atoms with Gasteiger partial charge in [0.1, 0.15) is 0 Å². The number of rotatable bonds is 2. The highest BCUT2D eigenvalue weighted by atomic mass is 31.0. The molecular formula is C10H13P. The van der Waals surface area contributed by atoms with E-state index in [2.05, 4.69) is 34.0 Å². The largest absolute Gasteiger partial charge is 0.133 e. The first-order chi connectivity index (χ1) is 5.25. The summed E-state index contributed by atoms with van der Waals surface area (Å²) in [5.74, 6) is 0. The number of benzene rings is 1. The fraction of sp³-hybridized carbons (Fsp3) is 0.200. The maximum Gasteiger partial charge on any atom is -0.0122 e. The predicted molar refractivity (Wildman–Crippen MR) is 54.6 cm³/mol. The van der Waals surface area contributed by atoms with Crippen LogP contribution in [0.5, 0.6) is 0 Å². The zero-order valence-corrected chi connectivity index (χ0v) is 7.96. The second kappa shape index (κ2) is 3.69. The van der Waals surface area contributed by atoms with Gasteiger partial charge in [0.15, 0.2) is 0 Å². The second-order valence-electron chi connectivity index (χ2n) is 2.64. The molecule has 0 saturated carbocycles. The minimum Gasteiger partial charge on any atom is -0.133 e. The lowest BCUT2D eigenvalue weighted by atomic mass is 10.0. The van der Waals surface area contributed by atoms with Crippen LogP contribution >= 0.6 is 9.24 Å². The van der Waals surface area contributed by atoms with Gasteiger partial charge in [-0.2, -0.15) is 0 Å². The topological polar surface area (TPSA) is 0 Å². The van der Waals surface area contributed by atoms with Crippen molar-refractivity contribution in [3.05, 3.63) is 42.0 Å². The van der Waals surface area contributed by atoms with Crippen LogP contribution in [0.15, 0.2) is 30.8 Å². The van der Waals surface area contributed by atoms with Gasteiger partial charge in [-0.05, 0) is 24.2 Å². The van der Waals surface area contributed by atoms with E-state index in [0.717, 1.165) is 11.7 Å². The molecule has 11 heavy (non-hydrogen) atoms. The third kappa shape index (κ3) is 1.91. The normalized spacial score (nSPS) is 9.64. The summed E-state index contributed by atoms with van der Waals surface area (Å²) in [6, 6.07) is 8.36. The molecule has 1 aromatic carbocycles. The summed E-state index contributed by atoms with van der Waals surface area (Å²) in [5.41, 5.74) is 3.77. The molecule has 58 valence electrons. The highest BCUT2D eigenvalue weighted by molar-refractivity contribution is 7.15. The van der Waals surface area contributed by atoms with Crippen molar-refractivity contribution < 1.29 is 0 Å². The van der Waals surface area contributed by atoms with Crippen LogP contribution in [-0.2, 0) is 6.16 Å². The van der Waals surface area contributed by atoms with Crippen molar-refractivity contribution in [2.45, 2.75) is 13.1 Å². The third-order valence-corrected chi connectivity index (χ3v) is 2.14. The lowest BCUT2D eigenvalue weighted by Gasteiger charge is -2.05. The SMILES string of the molecule is C=C(C)c1ccccc1CP. The number of hydrogen-bond donors (Lipinski definition) is 0. The van der Waals surface area contributed by atoms with Gasteiger partial charge in [-0.25, -0.2) is 0 Å². The first-order valence-electron chi connectivity index (χ1n) is 3.69. The lowest BCUT2D eigenvalue weighted by Crippen LogP contribution is -1.85. The van der Waals surface area contributed by atoms with Gasteiger partial charge in [-0.15, -0.1) is 9.24 Å². The summed E-state index contributed by atoms with van der Waals surface area (Å²) in [7, 11) is 2.73. The Kier molecular flexibility index (Phi) is 2.84. The Morgan fingerprint density at radius 1 is 1.45 bits per heavy atom. The van der Waals surface area contributed by atoms with Crippen LogP contribution in [0.1, 0.15) is 18.1 Å². The Hall–Kier alpha value is -0.610. The van der Waals surface area contributed by atoms with E-state index in [1.165, 1.54) is 11.1 Å². The molecule has 0 aliphatic carbocycles. The standard InChI is InChI=1S/C10H13P/c1-8(2)10-6-4-3-5-9(10)7-11/h3-6H,1,7,11H2,2H3. The quantitative estimate of drug-likeness (QED) is 0.589. The third-order valence-electron chi connectivity index (χ3n) is 1.70. The summed E-state index contributed by atoms with van der Waals surface area (Å²) >= 11 is 0. The zero-order chi connectivity index (χ0) is 8.27. The van der Waals surface area contributed by atoms with Gasteiger partial charge in [0.2, 0.25) is 0 Å². The molecule has 1 atom stereocenters. The van der Waals surface area contributed by atoms with Gasteiger partial charge >= 0.3 is 0 Å². The van der Waals surface area contributed by atoms with Crippen LogP contribution in [0, 0.1) is 0 Å². The molecule has 0 aliphatic rings. The van der Waals surface area contributed by atoms with Crippen molar-refractivity contribution in [3.8, 4) is 0 Å². The van der Waals surface area contributed by atoms with E-state index in [-0.39, 0.29) is 0 Å². The Bertz CT molecular complexity index is 263. The fourth-order valence-electron chi connectivity index (χ4n) is 1.11. The highest BCUT2D eigenvalue weighted by Gasteiger charge is 1.97. The average molecular weight is 164 g/mol. The summed E-state index contributed by atoms with van der Waals surface area (Å²) < 4.78 is 0. The molecule has 0 fully saturated rings. The maximum atomic E-state index is 3.92. The molecule has 0 spiro atoms. The Morgan fingerprint density at radius 3 is 2.55 bits per heavy atom. The summed E-state index contributed by atoms with van der Waals surface area (Å²) in [6.45, 7) is 5.97. The fourth-order valence-corrected chi connectivity index (χ4v) is 1.47. The molecule has 0 bridgehead atoms. The van der Waals surface area contributed by atoms with Gasteiger partial charge < -0.3 is 0 Å². The van der Waals surface area contributed by atoms with Crippen molar-refractivity contribution in [3.63, 3.8) is 0 Å². The minimum absolute atomic E-state index is 1.00. The molecule has 1 unspecified atom stereocenters. The molecule has 1 heteroatoms. The van der Waals surface area contributed by atoms with E-state index in [1.54, 1.807) is 0 Å². The van der Waals surface area contributed by atoms with Crippen LogP contribution in [-0.4, -0.2) is 0 Å². The van der Waals surface area contributed by atoms with Gasteiger partial charge in [-0.1, -0.05) is 36.4 Å². The Morgan fingerprint density at radius 2 is 2.09 bits per heavy atom. The van der Waals surface area contributed by atoms with E-state index < -0.39 is 0 Å². The van der Waals surface area contributed by atoms with E-state index in [4.69, 9.17) is 0 Å². The zero-order valence-electron chi connectivity index (χ0n) is 6.80. The molecule has 1 aromatic rings. The average Bonchev–Trinajstić information content (AvgIpc) is 2.04. The van der Waals surface area contributed by atoms with E-state index >= 15 is 0 Å². The first-order valence-corrected chi connectivity index (χ1v) is 4.51. The minimum atomic E-state index is 1.00. The van der Waals surface area contributed by atoms with E-state index in [9.17, 15) is 0 Å². The maximum absolute atomic E-state index is 3.92. The van der Waals surface area contributed by atoms with Gasteiger partial charge in [-0.3, -0.25) is 0 Å². The smallest absolute Gasteiger partial charge is 0.0122 e. The molecule has 0 saturated heterocycles. The van der Waals surface area contributed by atoms with Crippen LogP contribution in [0.2, 0.25) is 0 Å². The molecule has 0 N–H and O–H groups in total. The van der Waals surface area contributed by atoms with E-state index in [1.807, 2.05) is 13.0 Å². The Labute approximate surface area is 70.5 Å². The molecule has 0 aromatic heterocycles. The monoisotopic (exact) mass is 164 g/mol. The van der Waals surface area contributed by atoms with Crippen molar-refractivity contribution >= 4 is 14.8 Å². The predicted octanol–water partition coefficient (Wildman–Crippen LogP) is 3.09. The van der Waals surface area contributed by atoms with Crippen molar-refractivity contribution in [2.75, 3.05) is 0 Å². The number of allylic oxidation sites excluding steroid dienone is 1. The molecule has 1 rings (SSSR count). The summed E-state index contributed by atoms with van der Waals surface area (Å²) in [5, 5.41) is 0. The molecule has 0 heterocycles. The molecule has 0 nitrogen and oxygen atoms in total. The second-order valence-corrected chi connectivity index (χ2v) is 3.05. The van der Waals surface area contributed by atoms with Crippen LogP contribution < -0.4 is 0 Å². The van der Waals surface area contributed by atoms with Crippen LogP contribution in [0.4, 0.5) is 0 Å². The lowest BCUT2D eigenvalue weighted by molar-refractivity contribution is 1.37. The summed E-state index contributed by atoms with van der Waals surface area (Å²) in [6.07, 6.45) is 1.00. The van der Waals surface area contributed by atoms with E-state index in [0.29, 0.717) is 0 Å². The molecule has 0 aliphatic heterocycles. The van der Waals surface area contributed by atoms with Crippen LogP contribution in [0.3, 0.4) is 0 Å². The van der Waals surface area contributed by atoms with Crippen molar-refractivity contribution in [1.82, 2.24) is 0 Å². The summed E-state index contributed by atoms with van der Waals surface area (Å²) in [4.78, 5) is 0. The van der Waals surface area contributed by atoms with Crippen molar-refractivity contribution in [1.29, 1.82) is 0 Å².